The average Bonchev–Trinajstić information content (AvgIpc) is 2.82. The summed E-state index contributed by atoms with van der Waals surface area (Å²) in [6.07, 6.45) is 8.66. The van der Waals surface area contributed by atoms with Gasteiger partial charge in [-0.05, 0) is 72.6 Å². The normalized spacial score (nSPS) is 29.6. The highest BCUT2D eigenvalue weighted by Gasteiger charge is 2.54. The molecule has 176 valence electrons. The number of nitrogens with two attached hydrogens (primary N) is 1. The van der Waals surface area contributed by atoms with Crippen LogP contribution in [0.15, 0.2) is 24.5 Å². The molecule has 1 heterocycles. The first-order chi connectivity index (χ1) is 16.0. The molecule has 4 fully saturated rings. The maximum Gasteiger partial charge on any atom is 0.230 e. The number of ether oxygens (including phenoxy) is 3. The second kappa shape index (κ2) is 8.82. The Balaban J connectivity index is 1.26. The Bertz CT molecular complexity index is 1000. The fraction of sp³-hybridized carbons (Fsp3) is 0.560. The van der Waals surface area contributed by atoms with Gasteiger partial charge in [-0.1, -0.05) is 0 Å². The molecule has 4 bridgehead atoms. The first-order valence-electron chi connectivity index (χ1n) is 11.7. The monoisotopic (exact) mass is 452 g/mol. The summed E-state index contributed by atoms with van der Waals surface area (Å²) in [4.78, 5) is 21.9. The Kier molecular flexibility index (Phi) is 5.86. The Hall–Kier alpha value is -2.87. The van der Waals surface area contributed by atoms with E-state index in [1.54, 1.807) is 33.7 Å². The summed E-state index contributed by atoms with van der Waals surface area (Å²) in [5.74, 6) is 4.21. The molecule has 2 aromatic rings. The molecular weight excluding hydrogens is 420 g/mol. The highest BCUT2D eigenvalue weighted by atomic mass is 16.5. The number of nitrogens with zero attached hydrogens (tertiary/aromatic N) is 2. The number of aromatic nitrogens is 2. The number of carbonyl (C=O) groups is 1. The number of hydrogen-bond acceptors (Lipinski definition) is 7. The Morgan fingerprint density at radius 2 is 1.64 bits per heavy atom. The van der Waals surface area contributed by atoms with Crippen molar-refractivity contribution in [3.63, 3.8) is 0 Å². The molecule has 6 unspecified atom stereocenters. The van der Waals surface area contributed by atoms with Crippen molar-refractivity contribution in [3.8, 4) is 17.2 Å². The molecule has 8 nitrogen and oxygen atoms in total. The largest absolute Gasteiger partial charge is 0.493 e. The van der Waals surface area contributed by atoms with Gasteiger partial charge < -0.3 is 19.9 Å². The van der Waals surface area contributed by atoms with E-state index in [-0.39, 0.29) is 17.9 Å². The van der Waals surface area contributed by atoms with Gasteiger partial charge in [-0.15, -0.1) is 0 Å². The van der Waals surface area contributed by atoms with Crippen LogP contribution in [0.1, 0.15) is 36.8 Å². The first-order valence-corrected chi connectivity index (χ1v) is 11.7. The third kappa shape index (κ3) is 4.01. The van der Waals surface area contributed by atoms with Gasteiger partial charge in [-0.2, -0.15) is 0 Å². The fourth-order valence-corrected chi connectivity index (χ4v) is 6.55. The first kappa shape index (κ1) is 21.9. The van der Waals surface area contributed by atoms with Gasteiger partial charge in [0.05, 0.1) is 21.3 Å². The van der Waals surface area contributed by atoms with Crippen molar-refractivity contribution in [1.82, 2.24) is 9.97 Å². The summed E-state index contributed by atoms with van der Waals surface area (Å²) in [6.45, 7) is 0. The summed E-state index contributed by atoms with van der Waals surface area (Å²) >= 11 is 0. The number of rotatable bonds is 7. The molecule has 6 atom stereocenters. The predicted octanol–water partition coefficient (Wildman–Crippen LogP) is 3.04. The van der Waals surface area contributed by atoms with E-state index in [0.717, 1.165) is 36.3 Å². The predicted molar refractivity (Wildman–Crippen MR) is 123 cm³/mol. The van der Waals surface area contributed by atoms with Gasteiger partial charge in [-0.25, -0.2) is 9.97 Å². The molecule has 0 spiro atoms. The van der Waals surface area contributed by atoms with E-state index in [4.69, 9.17) is 19.9 Å². The van der Waals surface area contributed by atoms with E-state index < -0.39 is 0 Å². The van der Waals surface area contributed by atoms with Crippen LogP contribution < -0.4 is 25.3 Å². The molecule has 33 heavy (non-hydrogen) atoms. The van der Waals surface area contributed by atoms with Gasteiger partial charge >= 0.3 is 0 Å². The molecule has 1 aromatic heterocycles. The van der Waals surface area contributed by atoms with Crippen molar-refractivity contribution < 1.29 is 19.0 Å². The highest BCUT2D eigenvalue weighted by molar-refractivity contribution is 5.91. The molecule has 4 aliphatic rings. The fourth-order valence-electron chi connectivity index (χ4n) is 6.55. The number of methoxy groups -OCH3 is 3. The molecule has 4 aliphatic carbocycles. The number of anilines is 1. The highest BCUT2D eigenvalue weighted by Crippen LogP contribution is 2.56. The van der Waals surface area contributed by atoms with Gasteiger partial charge in [0.1, 0.15) is 0 Å². The van der Waals surface area contributed by atoms with Gasteiger partial charge in [0.25, 0.3) is 0 Å². The van der Waals surface area contributed by atoms with E-state index in [0.29, 0.717) is 47.4 Å². The van der Waals surface area contributed by atoms with Crippen molar-refractivity contribution in [2.24, 2.45) is 35.3 Å². The molecule has 1 amide bonds. The second-order valence-electron chi connectivity index (χ2n) is 9.71. The van der Waals surface area contributed by atoms with Crippen LogP contribution in [0.4, 0.5) is 5.95 Å². The molecule has 6 rings (SSSR count). The lowest BCUT2D eigenvalue weighted by Crippen LogP contribution is -2.59. The zero-order valence-electron chi connectivity index (χ0n) is 19.4. The van der Waals surface area contributed by atoms with Crippen LogP contribution in [-0.2, 0) is 11.2 Å². The summed E-state index contributed by atoms with van der Waals surface area (Å²) in [5, 5.41) is 2.96. The van der Waals surface area contributed by atoms with E-state index in [1.165, 1.54) is 6.42 Å². The van der Waals surface area contributed by atoms with E-state index >= 15 is 0 Å². The standard InChI is InChI=1S/C25H32N4O4/c1-31-19-8-13(9-20(32-2)23(19)33-3)4-15-11-27-25(28-12-15)29-24(30)21-16-5-14-6-17(10-16)22(26)18(21)7-14/h8-9,11-12,14,16-18,21-22H,4-7,10,26H2,1-3H3,(H,27,28,29,30). The van der Waals surface area contributed by atoms with Crippen LogP contribution in [0.25, 0.3) is 0 Å². The summed E-state index contributed by atoms with van der Waals surface area (Å²) in [5.41, 5.74) is 8.40. The molecule has 1 aromatic carbocycles. The van der Waals surface area contributed by atoms with Crippen LogP contribution in [-0.4, -0.2) is 43.2 Å². The maximum atomic E-state index is 13.1. The van der Waals surface area contributed by atoms with Crippen molar-refractivity contribution in [2.75, 3.05) is 26.6 Å². The van der Waals surface area contributed by atoms with Gasteiger partial charge in [0.2, 0.25) is 17.6 Å². The summed E-state index contributed by atoms with van der Waals surface area (Å²) in [6, 6.07) is 3.97. The van der Waals surface area contributed by atoms with Crippen LogP contribution in [0.2, 0.25) is 0 Å². The van der Waals surface area contributed by atoms with Gasteiger partial charge in [0.15, 0.2) is 11.5 Å². The van der Waals surface area contributed by atoms with Crippen LogP contribution in [0, 0.1) is 29.6 Å². The van der Waals surface area contributed by atoms with Gasteiger partial charge in [-0.3, -0.25) is 10.1 Å². The quantitative estimate of drug-likeness (QED) is 0.665. The summed E-state index contributed by atoms with van der Waals surface area (Å²) < 4.78 is 16.3. The number of nitrogens with one attached hydrogen (secondary N) is 1. The summed E-state index contributed by atoms with van der Waals surface area (Å²) in [7, 11) is 4.77. The number of hydrogen-bond donors (Lipinski definition) is 2. The Labute approximate surface area is 194 Å². The van der Waals surface area contributed by atoms with Crippen molar-refractivity contribution >= 4 is 11.9 Å². The third-order valence-electron chi connectivity index (χ3n) is 7.87. The lowest BCUT2D eigenvalue weighted by molar-refractivity contribution is -0.134. The lowest BCUT2D eigenvalue weighted by Gasteiger charge is -2.56. The van der Waals surface area contributed by atoms with Crippen molar-refractivity contribution in [2.45, 2.75) is 38.1 Å². The van der Waals surface area contributed by atoms with Gasteiger partial charge in [0, 0.05) is 30.8 Å². The minimum atomic E-state index is -0.0182. The van der Waals surface area contributed by atoms with Crippen molar-refractivity contribution in [3.05, 3.63) is 35.7 Å². The zero-order valence-corrected chi connectivity index (χ0v) is 19.4. The second-order valence-corrected chi connectivity index (χ2v) is 9.71. The minimum absolute atomic E-state index is 0.0182. The van der Waals surface area contributed by atoms with Crippen molar-refractivity contribution in [1.29, 1.82) is 0 Å². The average molecular weight is 453 g/mol. The molecule has 0 saturated heterocycles. The van der Waals surface area contributed by atoms with Crippen LogP contribution in [0.5, 0.6) is 17.2 Å². The number of carbonyl (C=O) groups excluding carboxylic acids is 1. The van der Waals surface area contributed by atoms with E-state index in [9.17, 15) is 4.79 Å². The Morgan fingerprint density at radius 1 is 0.970 bits per heavy atom. The molecular formula is C25H32N4O4. The molecule has 3 N–H and O–H groups in total. The molecule has 8 heteroatoms. The maximum absolute atomic E-state index is 13.1. The smallest absolute Gasteiger partial charge is 0.230 e. The number of amides is 1. The third-order valence-corrected chi connectivity index (χ3v) is 7.87. The van der Waals surface area contributed by atoms with Crippen LogP contribution >= 0.6 is 0 Å². The topological polar surface area (TPSA) is 109 Å². The number of benzene rings is 1. The molecule has 0 radical (unpaired) electrons. The minimum Gasteiger partial charge on any atom is -0.493 e. The Morgan fingerprint density at radius 3 is 2.27 bits per heavy atom. The zero-order chi connectivity index (χ0) is 23.1. The van der Waals surface area contributed by atoms with E-state index in [2.05, 4.69) is 15.3 Å². The van der Waals surface area contributed by atoms with E-state index in [1.807, 2.05) is 12.1 Å². The molecule has 0 aliphatic heterocycles. The molecule has 4 saturated carbocycles. The SMILES string of the molecule is COc1cc(Cc2cnc(NC(=O)C3C4CC5CC(C4)C(N)C3C5)nc2)cc(OC)c1OC. The lowest BCUT2D eigenvalue weighted by atomic mass is 9.50. The van der Waals surface area contributed by atoms with Crippen LogP contribution in [0.3, 0.4) is 0 Å².